The maximum absolute atomic E-state index is 12.4. The summed E-state index contributed by atoms with van der Waals surface area (Å²) in [5.41, 5.74) is 6.27. The molecule has 9 nitrogen and oxygen atoms in total. The standard InChI is InChI=1S/C18H21N5O4S/c1-10(12-4-5-13-14(6-12)27-9-26-13)20-16(25)8-28-18-22-21-17(11-2-3-11)23(18)7-15(19)24/h4-6,10-11H,2-3,7-9H2,1H3,(H2,19,24)(H,20,25). The molecule has 1 aliphatic carbocycles. The van der Waals surface area contributed by atoms with Gasteiger partial charge in [0, 0.05) is 5.92 Å². The summed E-state index contributed by atoms with van der Waals surface area (Å²) in [5.74, 6) is 2.06. The highest BCUT2D eigenvalue weighted by molar-refractivity contribution is 7.99. The molecule has 1 aromatic heterocycles. The molecule has 1 atom stereocenters. The summed E-state index contributed by atoms with van der Waals surface area (Å²) in [6, 6.07) is 5.41. The van der Waals surface area contributed by atoms with E-state index in [0.717, 1.165) is 24.2 Å². The number of amides is 2. The molecule has 0 radical (unpaired) electrons. The van der Waals surface area contributed by atoms with Crippen LogP contribution in [-0.4, -0.2) is 39.1 Å². The average molecular weight is 403 g/mol. The van der Waals surface area contributed by atoms with Gasteiger partial charge in [-0.3, -0.25) is 14.2 Å². The van der Waals surface area contributed by atoms with Crippen molar-refractivity contribution in [2.45, 2.75) is 43.4 Å². The van der Waals surface area contributed by atoms with E-state index in [1.165, 1.54) is 11.8 Å². The Labute approximate surface area is 166 Å². The molecule has 1 aliphatic heterocycles. The fraction of sp³-hybridized carbons (Fsp3) is 0.444. The molecule has 148 valence electrons. The summed E-state index contributed by atoms with van der Waals surface area (Å²) in [7, 11) is 0. The molecule has 10 heteroatoms. The van der Waals surface area contributed by atoms with Crippen LogP contribution in [0, 0.1) is 0 Å². The van der Waals surface area contributed by atoms with Crippen molar-refractivity contribution in [3.63, 3.8) is 0 Å². The first-order valence-electron chi connectivity index (χ1n) is 9.04. The number of rotatable bonds is 8. The van der Waals surface area contributed by atoms with Crippen molar-refractivity contribution in [3.8, 4) is 11.5 Å². The van der Waals surface area contributed by atoms with E-state index in [0.29, 0.717) is 22.6 Å². The largest absolute Gasteiger partial charge is 0.454 e. The van der Waals surface area contributed by atoms with Crippen molar-refractivity contribution in [2.24, 2.45) is 5.73 Å². The molecular formula is C18H21N5O4S. The molecule has 0 saturated heterocycles. The Kier molecular flexibility index (Phi) is 5.12. The van der Waals surface area contributed by atoms with Gasteiger partial charge < -0.3 is 20.5 Å². The van der Waals surface area contributed by atoms with Gasteiger partial charge in [-0.05, 0) is 37.5 Å². The average Bonchev–Trinajstić information content (AvgIpc) is 3.26. The number of nitrogens with two attached hydrogens (primary N) is 1. The number of aromatic nitrogens is 3. The predicted molar refractivity (Wildman–Crippen MR) is 101 cm³/mol. The van der Waals surface area contributed by atoms with Gasteiger partial charge >= 0.3 is 0 Å². The van der Waals surface area contributed by atoms with Crippen LogP contribution in [-0.2, 0) is 16.1 Å². The van der Waals surface area contributed by atoms with E-state index in [1.54, 1.807) is 4.57 Å². The zero-order valence-corrected chi connectivity index (χ0v) is 16.2. The maximum atomic E-state index is 12.4. The first-order chi connectivity index (χ1) is 13.5. The lowest BCUT2D eigenvalue weighted by atomic mass is 10.1. The zero-order chi connectivity index (χ0) is 19.7. The molecule has 0 bridgehead atoms. The number of carbonyl (C=O) groups is 2. The van der Waals surface area contributed by atoms with Crippen LogP contribution in [0.25, 0.3) is 0 Å². The maximum Gasteiger partial charge on any atom is 0.237 e. The summed E-state index contributed by atoms with van der Waals surface area (Å²) in [5, 5.41) is 11.8. The summed E-state index contributed by atoms with van der Waals surface area (Å²) in [6.07, 6.45) is 2.07. The van der Waals surface area contributed by atoms with Gasteiger partial charge in [0.25, 0.3) is 0 Å². The summed E-state index contributed by atoms with van der Waals surface area (Å²) in [6.45, 7) is 2.14. The molecule has 1 aromatic carbocycles. The minimum Gasteiger partial charge on any atom is -0.454 e. The molecule has 1 saturated carbocycles. The molecule has 2 heterocycles. The third kappa shape index (κ3) is 4.06. The number of nitrogens with zero attached hydrogens (tertiary/aromatic N) is 3. The van der Waals surface area contributed by atoms with E-state index >= 15 is 0 Å². The highest BCUT2D eigenvalue weighted by atomic mass is 32.2. The van der Waals surface area contributed by atoms with E-state index in [9.17, 15) is 9.59 Å². The van der Waals surface area contributed by atoms with E-state index in [4.69, 9.17) is 15.2 Å². The van der Waals surface area contributed by atoms with E-state index < -0.39 is 5.91 Å². The molecule has 1 unspecified atom stereocenters. The number of nitrogens with one attached hydrogen (secondary N) is 1. The Hall–Kier alpha value is -2.75. The van der Waals surface area contributed by atoms with E-state index in [-0.39, 0.29) is 31.0 Å². The topological polar surface area (TPSA) is 121 Å². The van der Waals surface area contributed by atoms with Gasteiger partial charge in [-0.25, -0.2) is 0 Å². The molecular weight excluding hydrogens is 382 g/mol. The Balaban J connectivity index is 1.36. The minimum absolute atomic E-state index is 0.0242. The highest BCUT2D eigenvalue weighted by Gasteiger charge is 2.31. The van der Waals surface area contributed by atoms with Crippen molar-refractivity contribution in [2.75, 3.05) is 12.5 Å². The third-order valence-electron chi connectivity index (χ3n) is 4.61. The van der Waals surface area contributed by atoms with Crippen LogP contribution < -0.4 is 20.5 Å². The smallest absolute Gasteiger partial charge is 0.237 e. The number of hydrogen-bond acceptors (Lipinski definition) is 7. The van der Waals surface area contributed by atoms with Crippen LogP contribution in [0.5, 0.6) is 11.5 Å². The van der Waals surface area contributed by atoms with Crippen molar-refractivity contribution >= 4 is 23.6 Å². The van der Waals surface area contributed by atoms with Crippen LogP contribution in [0.1, 0.15) is 43.1 Å². The number of thioether (sulfide) groups is 1. The SMILES string of the molecule is CC(NC(=O)CSc1nnc(C2CC2)n1CC(N)=O)c1ccc2c(c1)OCO2. The lowest BCUT2D eigenvalue weighted by Crippen LogP contribution is -2.28. The molecule has 3 N–H and O–H groups in total. The molecule has 4 rings (SSSR count). The number of hydrogen-bond donors (Lipinski definition) is 2. The van der Waals surface area contributed by atoms with Gasteiger partial charge in [0.05, 0.1) is 11.8 Å². The number of ether oxygens (including phenoxy) is 2. The molecule has 28 heavy (non-hydrogen) atoms. The normalized spacial score (nSPS) is 16.0. The Morgan fingerprint density at radius 2 is 2.11 bits per heavy atom. The fourth-order valence-electron chi connectivity index (χ4n) is 3.03. The van der Waals surface area contributed by atoms with Crippen molar-refractivity contribution in [3.05, 3.63) is 29.6 Å². The molecule has 2 aliphatic rings. The first-order valence-corrected chi connectivity index (χ1v) is 10.0. The van der Waals surface area contributed by atoms with E-state index in [1.807, 2.05) is 25.1 Å². The lowest BCUT2D eigenvalue weighted by molar-refractivity contribution is -0.119. The second kappa shape index (κ2) is 7.70. The zero-order valence-electron chi connectivity index (χ0n) is 15.4. The van der Waals surface area contributed by atoms with Gasteiger partial charge in [0.1, 0.15) is 12.4 Å². The van der Waals surface area contributed by atoms with Crippen molar-refractivity contribution in [1.82, 2.24) is 20.1 Å². The fourth-order valence-corrected chi connectivity index (χ4v) is 3.79. The minimum atomic E-state index is -0.454. The quantitative estimate of drug-likeness (QED) is 0.638. The number of carbonyl (C=O) groups excluding carboxylic acids is 2. The lowest BCUT2D eigenvalue weighted by Gasteiger charge is -2.15. The Morgan fingerprint density at radius 3 is 2.86 bits per heavy atom. The van der Waals surface area contributed by atoms with Crippen LogP contribution >= 0.6 is 11.8 Å². The van der Waals surface area contributed by atoms with Crippen molar-refractivity contribution < 1.29 is 19.1 Å². The van der Waals surface area contributed by atoms with Crippen LogP contribution in [0.3, 0.4) is 0 Å². The highest BCUT2D eigenvalue weighted by Crippen LogP contribution is 2.40. The van der Waals surface area contributed by atoms with Gasteiger partial charge in [0.2, 0.25) is 18.6 Å². The Bertz CT molecular complexity index is 911. The second-order valence-electron chi connectivity index (χ2n) is 6.86. The number of fused-ring (bicyclic) bond motifs is 1. The number of benzene rings is 1. The van der Waals surface area contributed by atoms with Gasteiger partial charge in [-0.2, -0.15) is 0 Å². The van der Waals surface area contributed by atoms with Gasteiger partial charge in [-0.15, -0.1) is 10.2 Å². The summed E-state index contributed by atoms with van der Waals surface area (Å²) >= 11 is 1.25. The number of primary amides is 1. The van der Waals surface area contributed by atoms with E-state index in [2.05, 4.69) is 15.5 Å². The second-order valence-corrected chi connectivity index (χ2v) is 7.80. The molecule has 2 aromatic rings. The van der Waals surface area contributed by atoms with Gasteiger partial charge in [-0.1, -0.05) is 17.8 Å². The van der Waals surface area contributed by atoms with Crippen LogP contribution in [0.15, 0.2) is 23.4 Å². The molecule has 2 amide bonds. The Morgan fingerprint density at radius 1 is 1.32 bits per heavy atom. The third-order valence-corrected chi connectivity index (χ3v) is 5.58. The molecule has 1 fully saturated rings. The van der Waals surface area contributed by atoms with Crippen molar-refractivity contribution in [1.29, 1.82) is 0 Å². The predicted octanol–water partition coefficient (Wildman–Crippen LogP) is 1.34. The van der Waals surface area contributed by atoms with Crippen LogP contribution in [0.4, 0.5) is 0 Å². The summed E-state index contributed by atoms with van der Waals surface area (Å²) < 4.78 is 12.4. The summed E-state index contributed by atoms with van der Waals surface area (Å²) in [4.78, 5) is 23.8. The first kappa shape index (κ1) is 18.6. The van der Waals surface area contributed by atoms with Gasteiger partial charge in [0.15, 0.2) is 16.7 Å². The van der Waals surface area contributed by atoms with Crippen LogP contribution in [0.2, 0.25) is 0 Å². The monoisotopic (exact) mass is 403 g/mol. The molecule has 0 spiro atoms.